The predicted octanol–water partition coefficient (Wildman–Crippen LogP) is 8.33. The van der Waals surface area contributed by atoms with Gasteiger partial charge in [-0.05, 0) is 55.9 Å². The molecule has 1 aliphatic rings. The molecule has 1 fully saturated rings. The lowest BCUT2D eigenvalue weighted by Gasteiger charge is -2.18. The number of phenolic OH excluding ortho intramolecular Hbond substituents is 1. The van der Waals surface area contributed by atoms with Crippen LogP contribution in [0.3, 0.4) is 0 Å². The molecule has 3 atom stereocenters. The first-order chi connectivity index (χ1) is 20.1. The molecule has 5 aromatic rings. The zero-order valence-electron chi connectivity index (χ0n) is 23.2. The highest BCUT2D eigenvalue weighted by atomic mass is 16.4. The number of nitrogens with zero attached hydrogens (tertiary/aromatic N) is 1. The number of oxazole rings is 1. The molecule has 1 aromatic heterocycles. The molecule has 1 amide bonds. The standard InChI is InChI=1S/C36H34N2O3/c1-24(30-19-8-9-21-32(30)39)37-35(40)29-18-10-12-25(23-29)22-28-17-11-20-31(28)36-38-33(26-13-4-2-5-14-26)34(41-36)27-15-6-3-7-16-27/h2-10,12-16,18-19,21,23-24,28,31,39H,11,17,20,22H2,1H3,(H,37,40)/t24?,28-,31+/m0/s1. The van der Waals surface area contributed by atoms with Crippen LogP contribution >= 0.6 is 0 Å². The molecular weight excluding hydrogens is 508 g/mol. The van der Waals surface area contributed by atoms with Gasteiger partial charge < -0.3 is 14.8 Å². The smallest absolute Gasteiger partial charge is 0.251 e. The maximum atomic E-state index is 13.1. The Bertz CT molecular complexity index is 1570. The van der Waals surface area contributed by atoms with E-state index < -0.39 is 0 Å². The Morgan fingerprint density at radius 2 is 1.61 bits per heavy atom. The van der Waals surface area contributed by atoms with Crippen molar-refractivity contribution in [3.8, 4) is 28.3 Å². The first-order valence-corrected chi connectivity index (χ1v) is 14.4. The van der Waals surface area contributed by atoms with Crippen LogP contribution in [-0.4, -0.2) is 16.0 Å². The predicted molar refractivity (Wildman–Crippen MR) is 162 cm³/mol. The summed E-state index contributed by atoms with van der Waals surface area (Å²) in [6.07, 6.45) is 4.10. The van der Waals surface area contributed by atoms with E-state index in [1.54, 1.807) is 12.1 Å². The van der Waals surface area contributed by atoms with Gasteiger partial charge >= 0.3 is 0 Å². The summed E-state index contributed by atoms with van der Waals surface area (Å²) in [6, 6.07) is 35.1. The van der Waals surface area contributed by atoms with Crippen molar-refractivity contribution >= 4 is 5.91 Å². The molecule has 206 valence electrons. The molecule has 0 aliphatic heterocycles. The number of amides is 1. The highest BCUT2D eigenvalue weighted by molar-refractivity contribution is 5.94. The number of phenols is 1. The van der Waals surface area contributed by atoms with Crippen LogP contribution in [0, 0.1) is 5.92 Å². The van der Waals surface area contributed by atoms with Gasteiger partial charge in [0.1, 0.15) is 11.4 Å². The van der Waals surface area contributed by atoms with Crippen molar-refractivity contribution in [2.45, 2.75) is 44.6 Å². The van der Waals surface area contributed by atoms with Crippen LogP contribution in [0.5, 0.6) is 5.75 Å². The number of carbonyl (C=O) groups is 1. The molecule has 1 aliphatic carbocycles. The summed E-state index contributed by atoms with van der Waals surface area (Å²) in [5.41, 5.74) is 5.40. The minimum absolute atomic E-state index is 0.154. The van der Waals surface area contributed by atoms with Crippen molar-refractivity contribution in [1.29, 1.82) is 0 Å². The Morgan fingerprint density at radius 3 is 2.37 bits per heavy atom. The van der Waals surface area contributed by atoms with Gasteiger partial charge in [-0.25, -0.2) is 4.98 Å². The Kier molecular flexibility index (Phi) is 7.68. The largest absolute Gasteiger partial charge is 0.508 e. The van der Waals surface area contributed by atoms with Crippen LogP contribution in [0.1, 0.15) is 65.5 Å². The number of hydrogen-bond acceptors (Lipinski definition) is 4. The van der Waals surface area contributed by atoms with Crippen LogP contribution in [0.2, 0.25) is 0 Å². The van der Waals surface area contributed by atoms with Crippen molar-refractivity contribution in [2.75, 3.05) is 0 Å². The fourth-order valence-corrected chi connectivity index (χ4v) is 6.03. The Hall–Kier alpha value is -4.64. The van der Waals surface area contributed by atoms with E-state index in [0.717, 1.165) is 59.7 Å². The molecule has 4 aromatic carbocycles. The maximum absolute atomic E-state index is 13.1. The lowest BCUT2D eigenvalue weighted by molar-refractivity contribution is 0.0939. The van der Waals surface area contributed by atoms with Crippen molar-refractivity contribution in [3.05, 3.63) is 132 Å². The van der Waals surface area contributed by atoms with Gasteiger partial charge in [0.2, 0.25) is 0 Å². The quantitative estimate of drug-likeness (QED) is 0.207. The number of hydrogen-bond donors (Lipinski definition) is 2. The normalized spacial score (nSPS) is 17.3. The van der Waals surface area contributed by atoms with Crippen LogP contribution in [0.25, 0.3) is 22.6 Å². The fourth-order valence-electron chi connectivity index (χ4n) is 6.03. The molecule has 0 radical (unpaired) electrons. The van der Waals surface area contributed by atoms with Gasteiger partial charge in [-0.3, -0.25) is 4.79 Å². The van der Waals surface area contributed by atoms with Crippen LogP contribution in [-0.2, 0) is 6.42 Å². The van der Waals surface area contributed by atoms with Crippen molar-refractivity contribution in [1.82, 2.24) is 10.3 Å². The number of nitrogens with one attached hydrogen (secondary N) is 1. The maximum Gasteiger partial charge on any atom is 0.251 e. The van der Waals surface area contributed by atoms with Crippen molar-refractivity contribution in [3.63, 3.8) is 0 Å². The molecular formula is C36H34N2O3. The number of carbonyl (C=O) groups excluding carboxylic acids is 1. The van der Waals surface area contributed by atoms with Gasteiger partial charge in [0.25, 0.3) is 5.91 Å². The molecule has 2 N–H and O–H groups in total. The van der Waals surface area contributed by atoms with Crippen molar-refractivity contribution in [2.24, 2.45) is 5.92 Å². The third-order valence-corrected chi connectivity index (χ3v) is 8.14. The van der Waals surface area contributed by atoms with E-state index >= 15 is 0 Å². The average Bonchev–Trinajstić information content (AvgIpc) is 3.66. The van der Waals surface area contributed by atoms with Gasteiger partial charge in [-0.15, -0.1) is 0 Å². The van der Waals surface area contributed by atoms with E-state index in [2.05, 4.69) is 35.6 Å². The number of aromatic hydroxyl groups is 1. The molecule has 5 heteroatoms. The highest BCUT2D eigenvalue weighted by Gasteiger charge is 2.34. The average molecular weight is 543 g/mol. The summed E-state index contributed by atoms with van der Waals surface area (Å²) >= 11 is 0. The Balaban J connectivity index is 1.22. The second-order valence-electron chi connectivity index (χ2n) is 10.9. The molecule has 1 unspecified atom stereocenters. The van der Waals surface area contributed by atoms with E-state index in [1.807, 2.05) is 73.7 Å². The third-order valence-electron chi connectivity index (χ3n) is 8.14. The van der Waals surface area contributed by atoms with Crippen LogP contribution in [0.15, 0.2) is 114 Å². The fraction of sp³-hybridized carbons (Fsp3) is 0.222. The summed E-state index contributed by atoms with van der Waals surface area (Å²) in [6.45, 7) is 1.88. The number of rotatable bonds is 8. The third kappa shape index (κ3) is 5.80. The molecule has 1 saturated carbocycles. The number of aromatic nitrogens is 1. The van der Waals surface area contributed by atoms with E-state index in [9.17, 15) is 9.90 Å². The number of para-hydroxylation sites is 1. The highest BCUT2D eigenvalue weighted by Crippen LogP contribution is 2.44. The van der Waals surface area contributed by atoms with Gasteiger partial charge in [0, 0.05) is 28.2 Å². The zero-order valence-corrected chi connectivity index (χ0v) is 23.2. The summed E-state index contributed by atoms with van der Waals surface area (Å²) in [5.74, 6) is 2.23. The lowest BCUT2D eigenvalue weighted by Crippen LogP contribution is -2.26. The minimum Gasteiger partial charge on any atom is -0.508 e. The monoisotopic (exact) mass is 542 g/mol. The van der Waals surface area contributed by atoms with E-state index in [0.29, 0.717) is 17.0 Å². The van der Waals surface area contributed by atoms with Gasteiger partial charge in [0.05, 0.1) is 6.04 Å². The molecule has 0 saturated heterocycles. The second kappa shape index (κ2) is 11.8. The molecule has 41 heavy (non-hydrogen) atoms. The summed E-state index contributed by atoms with van der Waals surface area (Å²) < 4.78 is 6.57. The molecule has 5 nitrogen and oxygen atoms in total. The van der Waals surface area contributed by atoms with Crippen molar-refractivity contribution < 1.29 is 14.3 Å². The van der Waals surface area contributed by atoms with E-state index in [-0.39, 0.29) is 23.6 Å². The SMILES string of the molecule is CC(NC(=O)c1cccc(C[C@@H]2CCC[C@H]2c2nc(-c3ccccc3)c(-c3ccccc3)o2)c1)c1ccccc1O. The zero-order chi connectivity index (χ0) is 28.2. The Labute approximate surface area is 240 Å². The molecule has 6 rings (SSSR count). The van der Waals surface area contributed by atoms with Crippen LogP contribution in [0.4, 0.5) is 0 Å². The van der Waals surface area contributed by atoms with E-state index in [1.165, 1.54) is 0 Å². The minimum atomic E-state index is -0.311. The number of benzene rings is 4. The van der Waals surface area contributed by atoms with Crippen LogP contribution < -0.4 is 5.32 Å². The van der Waals surface area contributed by atoms with Gasteiger partial charge in [-0.1, -0.05) is 97.4 Å². The Morgan fingerprint density at radius 1 is 0.902 bits per heavy atom. The lowest BCUT2D eigenvalue weighted by atomic mass is 9.89. The molecule has 1 heterocycles. The van der Waals surface area contributed by atoms with Gasteiger partial charge in [0.15, 0.2) is 11.7 Å². The topological polar surface area (TPSA) is 75.4 Å². The van der Waals surface area contributed by atoms with E-state index in [4.69, 9.17) is 9.40 Å². The summed E-state index contributed by atoms with van der Waals surface area (Å²) in [4.78, 5) is 18.2. The van der Waals surface area contributed by atoms with Gasteiger partial charge in [-0.2, -0.15) is 0 Å². The summed E-state index contributed by atoms with van der Waals surface area (Å²) in [7, 11) is 0. The first kappa shape index (κ1) is 26.6. The second-order valence-corrected chi connectivity index (χ2v) is 10.9. The molecule has 0 spiro atoms. The summed E-state index contributed by atoms with van der Waals surface area (Å²) in [5, 5.41) is 13.2. The molecule has 0 bridgehead atoms. The first-order valence-electron chi connectivity index (χ1n) is 14.4.